The van der Waals surface area contributed by atoms with Gasteiger partial charge in [0, 0.05) is 12.2 Å². The van der Waals surface area contributed by atoms with Gasteiger partial charge in [0.1, 0.15) is 5.41 Å². The van der Waals surface area contributed by atoms with Crippen molar-refractivity contribution in [1.82, 2.24) is 5.32 Å². The maximum Gasteiger partial charge on any atom is 0.239 e. The standard InChI is InChI=1S/C18H28N2O2/c1-6-7-8-9-19-16(21)18(4,5)17(22)20-15-11-13(2)10-14(3)12-15/h10-12H,6-9H2,1-5H3,(H,19,21)(H,20,22). The van der Waals surface area contributed by atoms with Crippen molar-refractivity contribution in [3.8, 4) is 0 Å². The van der Waals surface area contributed by atoms with Crippen LogP contribution in [0, 0.1) is 19.3 Å². The van der Waals surface area contributed by atoms with E-state index in [9.17, 15) is 9.59 Å². The van der Waals surface area contributed by atoms with Gasteiger partial charge in [0.25, 0.3) is 0 Å². The van der Waals surface area contributed by atoms with Crippen molar-refractivity contribution < 1.29 is 9.59 Å². The number of hydrogen-bond donors (Lipinski definition) is 2. The van der Waals surface area contributed by atoms with E-state index in [1.54, 1.807) is 13.8 Å². The van der Waals surface area contributed by atoms with Gasteiger partial charge in [-0.3, -0.25) is 9.59 Å². The third kappa shape index (κ3) is 5.17. The van der Waals surface area contributed by atoms with Crippen LogP contribution in [-0.2, 0) is 9.59 Å². The quantitative estimate of drug-likeness (QED) is 0.597. The summed E-state index contributed by atoms with van der Waals surface area (Å²) < 4.78 is 0. The summed E-state index contributed by atoms with van der Waals surface area (Å²) in [6.45, 7) is 10.00. The number of benzene rings is 1. The highest BCUT2D eigenvalue weighted by Gasteiger charge is 2.35. The number of carbonyl (C=O) groups is 2. The lowest BCUT2D eigenvalue weighted by Gasteiger charge is -2.23. The lowest BCUT2D eigenvalue weighted by atomic mass is 9.90. The van der Waals surface area contributed by atoms with E-state index in [1.807, 2.05) is 32.0 Å². The SMILES string of the molecule is CCCCCNC(=O)C(C)(C)C(=O)Nc1cc(C)cc(C)c1. The molecule has 4 heteroatoms. The Morgan fingerprint density at radius 1 is 1.00 bits per heavy atom. The van der Waals surface area contributed by atoms with Crippen LogP contribution in [-0.4, -0.2) is 18.4 Å². The molecule has 0 unspecified atom stereocenters. The van der Waals surface area contributed by atoms with Gasteiger partial charge >= 0.3 is 0 Å². The van der Waals surface area contributed by atoms with E-state index < -0.39 is 5.41 Å². The highest BCUT2D eigenvalue weighted by molar-refractivity contribution is 6.09. The normalized spacial score (nSPS) is 11.1. The molecule has 0 aliphatic carbocycles. The minimum atomic E-state index is -1.09. The summed E-state index contributed by atoms with van der Waals surface area (Å²) in [7, 11) is 0. The van der Waals surface area contributed by atoms with E-state index in [0.29, 0.717) is 6.54 Å². The van der Waals surface area contributed by atoms with E-state index in [1.165, 1.54) is 0 Å². The summed E-state index contributed by atoms with van der Waals surface area (Å²) in [6, 6.07) is 5.85. The molecule has 0 radical (unpaired) electrons. The number of amides is 2. The van der Waals surface area contributed by atoms with Crippen LogP contribution < -0.4 is 10.6 Å². The van der Waals surface area contributed by atoms with Gasteiger partial charge in [0.2, 0.25) is 11.8 Å². The fourth-order valence-corrected chi connectivity index (χ4v) is 2.24. The second-order valence-electron chi connectivity index (χ2n) is 6.42. The van der Waals surface area contributed by atoms with Crippen molar-refractivity contribution in [3.63, 3.8) is 0 Å². The second kappa shape index (κ2) is 7.97. The molecule has 0 aliphatic rings. The highest BCUT2D eigenvalue weighted by Crippen LogP contribution is 2.20. The molecular weight excluding hydrogens is 276 g/mol. The number of carbonyl (C=O) groups excluding carboxylic acids is 2. The fraction of sp³-hybridized carbons (Fsp3) is 0.556. The molecule has 0 aromatic heterocycles. The molecule has 1 rings (SSSR count). The minimum absolute atomic E-state index is 0.231. The van der Waals surface area contributed by atoms with Gasteiger partial charge in [-0.1, -0.05) is 25.8 Å². The van der Waals surface area contributed by atoms with Crippen LogP contribution in [0.4, 0.5) is 5.69 Å². The third-order valence-electron chi connectivity index (χ3n) is 3.68. The number of aryl methyl sites for hydroxylation is 2. The fourth-order valence-electron chi connectivity index (χ4n) is 2.24. The first-order chi connectivity index (χ1) is 10.3. The summed E-state index contributed by atoms with van der Waals surface area (Å²) in [6.07, 6.45) is 3.12. The number of hydrogen-bond acceptors (Lipinski definition) is 2. The first-order valence-electron chi connectivity index (χ1n) is 7.95. The largest absolute Gasteiger partial charge is 0.355 e. The van der Waals surface area contributed by atoms with Crippen molar-refractivity contribution in [3.05, 3.63) is 29.3 Å². The molecule has 22 heavy (non-hydrogen) atoms. The molecule has 0 fully saturated rings. The van der Waals surface area contributed by atoms with Gasteiger partial charge in [-0.15, -0.1) is 0 Å². The van der Waals surface area contributed by atoms with Gasteiger partial charge in [0.15, 0.2) is 0 Å². The average Bonchev–Trinajstić information content (AvgIpc) is 2.42. The van der Waals surface area contributed by atoms with Crippen LogP contribution in [0.25, 0.3) is 0 Å². The minimum Gasteiger partial charge on any atom is -0.355 e. The van der Waals surface area contributed by atoms with Crippen LogP contribution >= 0.6 is 0 Å². The third-order valence-corrected chi connectivity index (χ3v) is 3.68. The van der Waals surface area contributed by atoms with Gasteiger partial charge in [-0.2, -0.15) is 0 Å². The molecule has 0 atom stereocenters. The molecule has 0 aliphatic heterocycles. The maximum absolute atomic E-state index is 12.4. The van der Waals surface area contributed by atoms with Gasteiger partial charge < -0.3 is 10.6 Å². The average molecular weight is 304 g/mol. The molecule has 122 valence electrons. The monoisotopic (exact) mass is 304 g/mol. The molecule has 0 bridgehead atoms. The molecule has 0 saturated carbocycles. The first-order valence-corrected chi connectivity index (χ1v) is 7.95. The van der Waals surface area contributed by atoms with Crippen LogP contribution in [0.5, 0.6) is 0 Å². The Kier molecular flexibility index (Phi) is 6.60. The molecule has 1 aromatic carbocycles. The van der Waals surface area contributed by atoms with Crippen LogP contribution in [0.3, 0.4) is 0 Å². The van der Waals surface area contributed by atoms with Crippen molar-refractivity contribution in [1.29, 1.82) is 0 Å². The number of rotatable bonds is 7. The lowest BCUT2D eigenvalue weighted by Crippen LogP contribution is -2.45. The molecule has 0 heterocycles. The zero-order valence-electron chi connectivity index (χ0n) is 14.4. The first kappa shape index (κ1) is 18.2. The zero-order chi connectivity index (χ0) is 16.8. The molecule has 0 spiro atoms. The number of unbranched alkanes of at least 4 members (excludes halogenated alkanes) is 2. The lowest BCUT2D eigenvalue weighted by molar-refractivity contribution is -0.138. The van der Waals surface area contributed by atoms with Gasteiger partial charge in [-0.05, 0) is 57.4 Å². The van der Waals surface area contributed by atoms with Gasteiger partial charge in [-0.25, -0.2) is 0 Å². The van der Waals surface area contributed by atoms with Crippen molar-refractivity contribution in [2.24, 2.45) is 5.41 Å². The summed E-state index contributed by atoms with van der Waals surface area (Å²) in [5, 5.41) is 5.69. The Labute approximate surface area is 133 Å². The van der Waals surface area contributed by atoms with E-state index in [2.05, 4.69) is 17.6 Å². The number of anilines is 1. The van der Waals surface area contributed by atoms with Crippen molar-refractivity contribution in [2.45, 2.75) is 53.9 Å². The second-order valence-corrected chi connectivity index (χ2v) is 6.42. The van der Waals surface area contributed by atoms with Crippen molar-refractivity contribution >= 4 is 17.5 Å². The van der Waals surface area contributed by atoms with E-state index in [-0.39, 0.29) is 11.8 Å². The van der Waals surface area contributed by atoms with E-state index in [0.717, 1.165) is 36.1 Å². The van der Waals surface area contributed by atoms with Crippen LogP contribution in [0.2, 0.25) is 0 Å². The van der Waals surface area contributed by atoms with E-state index >= 15 is 0 Å². The predicted octanol–water partition coefficient (Wildman–Crippen LogP) is 3.57. The summed E-state index contributed by atoms with van der Waals surface area (Å²) in [5.41, 5.74) is 1.80. The molecular formula is C18H28N2O2. The highest BCUT2D eigenvalue weighted by atomic mass is 16.2. The Hall–Kier alpha value is -1.84. The Balaban J connectivity index is 2.67. The zero-order valence-corrected chi connectivity index (χ0v) is 14.4. The molecule has 2 amide bonds. The van der Waals surface area contributed by atoms with Crippen molar-refractivity contribution in [2.75, 3.05) is 11.9 Å². The maximum atomic E-state index is 12.4. The Morgan fingerprint density at radius 2 is 1.59 bits per heavy atom. The van der Waals surface area contributed by atoms with Crippen LogP contribution in [0.15, 0.2) is 18.2 Å². The number of nitrogens with one attached hydrogen (secondary N) is 2. The molecule has 1 aromatic rings. The molecule has 0 saturated heterocycles. The Bertz CT molecular complexity index is 516. The smallest absolute Gasteiger partial charge is 0.239 e. The molecule has 2 N–H and O–H groups in total. The predicted molar refractivity (Wildman–Crippen MR) is 90.9 cm³/mol. The summed E-state index contributed by atoms with van der Waals surface area (Å²) >= 11 is 0. The van der Waals surface area contributed by atoms with E-state index in [4.69, 9.17) is 0 Å². The van der Waals surface area contributed by atoms with Crippen LogP contribution in [0.1, 0.15) is 51.2 Å². The summed E-state index contributed by atoms with van der Waals surface area (Å²) in [5.74, 6) is -0.518. The Morgan fingerprint density at radius 3 is 2.14 bits per heavy atom. The topological polar surface area (TPSA) is 58.2 Å². The van der Waals surface area contributed by atoms with Gasteiger partial charge in [0.05, 0.1) is 0 Å². The summed E-state index contributed by atoms with van der Waals surface area (Å²) in [4.78, 5) is 24.6. The molecule has 4 nitrogen and oxygen atoms in total.